The molecule has 6 nitrogen and oxygen atoms in total. The van der Waals surface area contributed by atoms with Gasteiger partial charge in [0.05, 0.1) is 4.92 Å². The first kappa shape index (κ1) is 11.9. The van der Waals surface area contributed by atoms with E-state index in [-0.39, 0.29) is 0 Å². The third-order valence-electron chi connectivity index (χ3n) is 1.84. The fourth-order valence-corrected chi connectivity index (χ4v) is 1.08. The average Bonchev–Trinajstić information content (AvgIpc) is 2.26. The van der Waals surface area contributed by atoms with Gasteiger partial charge in [-0.3, -0.25) is 10.1 Å². The third-order valence-corrected chi connectivity index (χ3v) is 1.84. The van der Waals surface area contributed by atoms with Gasteiger partial charge in [-0.25, -0.2) is 4.79 Å². The van der Waals surface area contributed by atoms with Crippen LogP contribution in [0.2, 0.25) is 0 Å². The zero-order chi connectivity index (χ0) is 12.1. The Morgan fingerprint density at radius 3 is 2.38 bits per heavy atom. The molecular formula is C10H9NO5. The summed E-state index contributed by atoms with van der Waals surface area (Å²) >= 11 is 0. The number of carboxylic acids is 1. The van der Waals surface area contributed by atoms with E-state index in [2.05, 4.69) is 0 Å². The van der Waals surface area contributed by atoms with E-state index in [0.717, 1.165) is 6.08 Å². The summed E-state index contributed by atoms with van der Waals surface area (Å²) in [6.45, 7) is 0. The molecule has 0 amide bonds. The van der Waals surface area contributed by atoms with Crippen molar-refractivity contribution in [2.75, 3.05) is 0 Å². The molecule has 0 heterocycles. The molecule has 0 aliphatic rings. The second-order valence-corrected chi connectivity index (χ2v) is 2.98. The van der Waals surface area contributed by atoms with E-state index in [4.69, 9.17) is 10.2 Å². The summed E-state index contributed by atoms with van der Waals surface area (Å²) in [5.41, 5.74) is -0.312. The van der Waals surface area contributed by atoms with Gasteiger partial charge in [0.2, 0.25) is 6.10 Å². The molecule has 0 saturated heterocycles. The normalized spacial score (nSPS) is 13.2. The lowest BCUT2D eigenvalue weighted by atomic mass is 10.1. The Labute approximate surface area is 90.6 Å². The third kappa shape index (κ3) is 2.89. The number of hydrogen-bond donors (Lipinski definition) is 2. The van der Waals surface area contributed by atoms with Crippen LogP contribution in [0, 0.1) is 10.1 Å². The van der Waals surface area contributed by atoms with Gasteiger partial charge in [-0.1, -0.05) is 30.3 Å². The van der Waals surface area contributed by atoms with Crippen LogP contribution in [0.4, 0.5) is 0 Å². The SMILES string of the molecule is O=C(O)C(O)/C(=C\c1ccccc1)[N+](=O)[O-]. The maximum absolute atomic E-state index is 10.6. The highest BCUT2D eigenvalue weighted by Crippen LogP contribution is 2.11. The summed E-state index contributed by atoms with van der Waals surface area (Å²) < 4.78 is 0. The standard InChI is InChI=1S/C10H9NO5/c12-9(10(13)14)8(11(15)16)6-7-4-2-1-3-5-7/h1-6,9,12H,(H,13,14)/b8-6+. The number of benzene rings is 1. The van der Waals surface area contributed by atoms with Gasteiger partial charge in [0.15, 0.2) is 0 Å². The molecular weight excluding hydrogens is 214 g/mol. The molecule has 2 N–H and O–H groups in total. The molecule has 0 aliphatic carbocycles. The number of nitrogens with zero attached hydrogens (tertiary/aromatic N) is 1. The summed E-state index contributed by atoms with van der Waals surface area (Å²) in [5, 5.41) is 28.2. The van der Waals surface area contributed by atoms with Crippen LogP contribution in [0.25, 0.3) is 6.08 Å². The molecule has 0 radical (unpaired) electrons. The molecule has 1 atom stereocenters. The lowest BCUT2D eigenvalue weighted by Gasteiger charge is -2.02. The summed E-state index contributed by atoms with van der Waals surface area (Å²) in [4.78, 5) is 20.1. The van der Waals surface area contributed by atoms with E-state index in [1.54, 1.807) is 30.3 Å². The van der Waals surface area contributed by atoms with E-state index >= 15 is 0 Å². The molecule has 1 unspecified atom stereocenters. The van der Waals surface area contributed by atoms with Crippen LogP contribution < -0.4 is 0 Å². The van der Waals surface area contributed by atoms with E-state index in [1.807, 2.05) is 0 Å². The van der Waals surface area contributed by atoms with E-state index in [1.165, 1.54) is 0 Å². The van der Waals surface area contributed by atoms with Gasteiger partial charge in [-0.2, -0.15) is 0 Å². The molecule has 84 valence electrons. The smallest absolute Gasteiger partial charge is 0.343 e. The van der Waals surface area contributed by atoms with Gasteiger partial charge >= 0.3 is 5.97 Å². The number of carboxylic acid groups (broad SMARTS) is 1. The molecule has 0 saturated carbocycles. The number of nitro groups is 1. The van der Waals surface area contributed by atoms with Gasteiger partial charge in [0.1, 0.15) is 0 Å². The van der Waals surface area contributed by atoms with Gasteiger partial charge in [-0.05, 0) is 5.56 Å². The van der Waals surface area contributed by atoms with Crippen LogP contribution in [0.5, 0.6) is 0 Å². The van der Waals surface area contributed by atoms with Crippen molar-refractivity contribution in [2.45, 2.75) is 6.10 Å². The van der Waals surface area contributed by atoms with Crippen LogP contribution >= 0.6 is 0 Å². The van der Waals surface area contributed by atoms with Crippen molar-refractivity contribution in [2.24, 2.45) is 0 Å². The van der Waals surface area contributed by atoms with Gasteiger partial charge in [-0.15, -0.1) is 0 Å². The minimum atomic E-state index is -2.13. The van der Waals surface area contributed by atoms with Crippen molar-refractivity contribution in [3.05, 3.63) is 51.7 Å². The Morgan fingerprint density at radius 2 is 1.94 bits per heavy atom. The summed E-state index contributed by atoms with van der Waals surface area (Å²) in [5.74, 6) is -1.65. The van der Waals surface area contributed by atoms with Crippen LogP contribution in [-0.2, 0) is 4.79 Å². The zero-order valence-corrected chi connectivity index (χ0v) is 8.11. The van der Waals surface area contributed by atoms with Gasteiger partial charge in [0.25, 0.3) is 5.70 Å². The van der Waals surface area contributed by atoms with Crippen molar-refractivity contribution >= 4 is 12.0 Å². The summed E-state index contributed by atoms with van der Waals surface area (Å²) in [6.07, 6.45) is -1.10. The molecule has 0 aliphatic heterocycles. The number of hydrogen-bond acceptors (Lipinski definition) is 4. The zero-order valence-electron chi connectivity index (χ0n) is 8.11. The van der Waals surface area contributed by atoms with Gasteiger partial charge < -0.3 is 10.2 Å². The Hall–Kier alpha value is -2.21. The quantitative estimate of drug-likeness (QED) is 0.579. The van der Waals surface area contributed by atoms with Crippen LogP contribution in [0.1, 0.15) is 5.56 Å². The minimum absolute atomic E-state index is 0.453. The predicted octanol–water partition coefficient (Wildman–Crippen LogP) is 0.750. The number of aliphatic carboxylic acids is 1. The van der Waals surface area contributed by atoms with Crippen molar-refractivity contribution in [1.82, 2.24) is 0 Å². The molecule has 16 heavy (non-hydrogen) atoms. The van der Waals surface area contributed by atoms with E-state index in [0.29, 0.717) is 5.56 Å². The van der Waals surface area contributed by atoms with E-state index in [9.17, 15) is 14.9 Å². The number of rotatable bonds is 4. The maximum atomic E-state index is 10.6. The van der Waals surface area contributed by atoms with Crippen molar-refractivity contribution < 1.29 is 19.9 Å². The van der Waals surface area contributed by atoms with Crippen molar-refractivity contribution in [1.29, 1.82) is 0 Å². The summed E-state index contributed by atoms with van der Waals surface area (Å²) in [6, 6.07) is 8.15. The van der Waals surface area contributed by atoms with Gasteiger partial charge in [0, 0.05) is 6.08 Å². The Bertz CT molecular complexity index is 426. The topological polar surface area (TPSA) is 101 Å². The van der Waals surface area contributed by atoms with Crippen molar-refractivity contribution in [3.63, 3.8) is 0 Å². The fraction of sp³-hybridized carbons (Fsp3) is 0.100. The molecule has 0 bridgehead atoms. The number of aliphatic hydroxyl groups is 1. The van der Waals surface area contributed by atoms with Crippen molar-refractivity contribution in [3.8, 4) is 0 Å². The second kappa shape index (κ2) is 5.04. The summed E-state index contributed by atoms with van der Waals surface area (Å²) in [7, 11) is 0. The molecule has 0 aromatic heterocycles. The van der Waals surface area contributed by atoms with Crippen LogP contribution in [0.15, 0.2) is 36.0 Å². The molecule has 0 spiro atoms. The Balaban J connectivity index is 3.08. The number of aliphatic hydroxyl groups excluding tert-OH is 1. The highest BCUT2D eigenvalue weighted by atomic mass is 16.6. The largest absolute Gasteiger partial charge is 0.479 e. The molecule has 1 rings (SSSR count). The first-order valence-corrected chi connectivity index (χ1v) is 4.34. The monoisotopic (exact) mass is 223 g/mol. The minimum Gasteiger partial charge on any atom is -0.479 e. The average molecular weight is 223 g/mol. The van der Waals surface area contributed by atoms with E-state index < -0.39 is 22.7 Å². The molecule has 1 aromatic carbocycles. The maximum Gasteiger partial charge on any atom is 0.343 e. The van der Waals surface area contributed by atoms with Crippen LogP contribution in [0.3, 0.4) is 0 Å². The Kier molecular flexibility index (Phi) is 3.73. The molecule has 6 heteroatoms. The first-order chi connectivity index (χ1) is 7.52. The fourth-order valence-electron chi connectivity index (χ4n) is 1.08. The highest BCUT2D eigenvalue weighted by Gasteiger charge is 2.28. The highest BCUT2D eigenvalue weighted by molar-refractivity contribution is 5.77. The Morgan fingerprint density at radius 1 is 1.38 bits per heavy atom. The second-order valence-electron chi connectivity index (χ2n) is 2.98. The molecule has 0 fully saturated rings. The number of carbonyl (C=O) groups is 1. The predicted molar refractivity (Wildman–Crippen MR) is 55.1 cm³/mol. The lowest BCUT2D eigenvalue weighted by molar-refractivity contribution is -0.432. The molecule has 1 aromatic rings. The first-order valence-electron chi connectivity index (χ1n) is 4.34. The van der Waals surface area contributed by atoms with Crippen LogP contribution in [-0.4, -0.2) is 27.2 Å². The lowest BCUT2D eigenvalue weighted by Crippen LogP contribution is -2.26.